The minimum absolute atomic E-state index is 0.301. The van der Waals surface area contributed by atoms with Crippen molar-refractivity contribution < 1.29 is 14.3 Å². The second kappa shape index (κ2) is 13.0. The number of hydrogen-bond donors (Lipinski definition) is 0. The van der Waals surface area contributed by atoms with Crippen molar-refractivity contribution in [2.24, 2.45) is 52.3 Å². The zero-order valence-corrected chi connectivity index (χ0v) is 26.6. The summed E-state index contributed by atoms with van der Waals surface area (Å²) in [7, 11) is 3.86. The SMILES string of the molecule is C=C(CN(C)C)C(=O)OCCO[C@H]1CC[C@@]2(C)C(CCC3C2CC[C@@]2(C)C3CC[C@@H]2[C@H](C)CCCC(C)C)C1. The molecule has 0 heterocycles. The Morgan fingerprint density at radius 2 is 1.64 bits per heavy atom. The number of nitrogens with zero attached hydrogens (tertiary/aromatic N) is 1. The van der Waals surface area contributed by atoms with Crippen molar-refractivity contribution in [2.45, 2.75) is 118 Å². The second-order valence-corrected chi connectivity index (χ2v) is 15.4. The Morgan fingerprint density at radius 1 is 0.923 bits per heavy atom. The molecule has 4 rings (SSSR count). The van der Waals surface area contributed by atoms with E-state index in [-0.39, 0.29) is 5.97 Å². The van der Waals surface area contributed by atoms with E-state index in [0.29, 0.717) is 42.3 Å². The first-order chi connectivity index (χ1) is 18.5. The molecule has 0 aromatic rings. The van der Waals surface area contributed by atoms with Gasteiger partial charge in [-0.2, -0.15) is 0 Å². The lowest BCUT2D eigenvalue weighted by Crippen LogP contribution is -2.54. The van der Waals surface area contributed by atoms with Gasteiger partial charge >= 0.3 is 5.97 Å². The molecule has 0 spiro atoms. The number of esters is 1. The molecule has 0 radical (unpaired) electrons. The molecule has 4 unspecified atom stereocenters. The Kier molecular flexibility index (Phi) is 10.3. The summed E-state index contributed by atoms with van der Waals surface area (Å²) in [5, 5.41) is 0. The lowest BCUT2D eigenvalue weighted by Gasteiger charge is -2.61. The number of ether oxygens (including phenoxy) is 2. The fraction of sp³-hybridized carbons (Fsp3) is 0.914. The zero-order valence-electron chi connectivity index (χ0n) is 26.6. The summed E-state index contributed by atoms with van der Waals surface area (Å²) in [6.07, 6.45) is 16.9. The van der Waals surface area contributed by atoms with Gasteiger partial charge in [0.2, 0.25) is 0 Å². The third kappa shape index (κ3) is 6.79. The molecular formula is C35H61NO3. The zero-order chi connectivity index (χ0) is 28.4. The Hall–Kier alpha value is -0.870. The second-order valence-electron chi connectivity index (χ2n) is 15.4. The molecular weight excluding hydrogens is 482 g/mol. The summed E-state index contributed by atoms with van der Waals surface area (Å²) >= 11 is 0. The van der Waals surface area contributed by atoms with Crippen molar-refractivity contribution in [1.82, 2.24) is 4.90 Å². The lowest BCUT2D eigenvalue weighted by molar-refractivity contribution is -0.147. The maximum absolute atomic E-state index is 12.1. The van der Waals surface area contributed by atoms with Gasteiger partial charge < -0.3 is 14.4 Å². The van der Waals surface area contributed by atoms with E-state index >= 15 is 0 Å². The van der Waals surface area contributed by atoms with Crippen molar-refractivity contribution in [3.05, 3.63) is 12.2 Å². The Labute approximate surface area is 241 Å². The first-order valence-electron chi connectivity index (χ1n) is 16.6. The van der Waals surface area contributed by atoms with Crippen LogP contribution in [0, 0.1) is 52.3 Å². The summed E-state index contributed by atoms with van der Waals surface area (Å²) in [6, 6.07) is 0. The summed E-state index contributed by atoms with van der Waals surface area (Å²) in [5.74, 6) is 5.98. The van der Waals surface area contributed by atoms with E-state index < -0.39 is 0 Å². The van der Waals surface area contributed by atoms with Crippen molar-refractivity contribution in [2.75, 3.05) is 33.9 Å². The van der Waals surface area contributed by atoms with Crippen LogP contribution in [0.4, 0.5) is 0 Å². The molecule has 4 nitrogen and oxygen atoms in total. The van der Waals surface area contributed by atoms with Crippen LogP contribution in [0.25, 0.3) is 0 Å². The van der Waals surface area contributed by atoms with Crippen LogP contribution in [0.3, 0.4) is 0 Å². The quantitative estimate of drug-likeness (QED) is 0.141. The molecule has 39 heavy (non-hydrogen) atoms. The summed E-state index contributed by atoms with van der Waals surface area (Å²) < 4.78 is 11.7. The number of rotatable bonds is 12. The third-order valence-electron chi connectivity index (χ3n) is 12.3. The van der Waals surface area contributed by atoms with Gasteiger partial charge in [-0.05, 0) is 124 Å². The monoisotopic (exact) mass is 543 g/mol. The van der Waals surface area contributed by atoms with E-state index in [9.17, 15) is 4.79 Å². The van der Waals surface area contributed by atoms with Crippen LogP contribution in [-0.2, 0) is 14.3 Å². The van der Waals surface area contributed by atoms with Crippen LogP contribution in [0.2, 0.25) is 0 Å². The molecule has 0 bridgehead atoms. The molecule has 4 saturated carbocycles. The van der Waals surface area contributed by atoms with Gasteiger partial charge in [0.25, 0.3) is 0 Å². The molecule has 4 aliphatic carbocycles. The largest absolute Gasteiger partial charge is 0.460 e. The van der Waals surface area contributed by atoms with E-state index in [1.165, 1.54) is 70.6 Å². The maximum atomic E-state index is 12.1. The van der Waals surface area contributed by atoms with E-state index in [0.717, 1.165) is 47.8 Å². The molecule has 4 heteroatoms. The fourth-order valence-corrected chi connectivity index (χ4v) is 10.3. The van der Waals surface area contributed by atoms with Crippen LogP contribution < -0.4 is 0 Å². The molecule has 0 aromatic heterocycles. The van der Waals surface area contributed by atoms with E-state index in [1.807, 2.05) is 19.0 Å². The maximum Gasteiger partial charge on any atom is 0.334 e. The molecule has 4 aliphatic rings. The van der Waals surface area contributed by atoms with Crippen molar-refractivity contribution >= 4 is 5.97 Å². The smallest absolute Gasteiger partial charge is 0.334 e. The molecule has 0 saturated heterocycles. The minimum atomic E-state index is -0.301. The van der Waals surface area contributed by atoms with Crippen LogP contribution in [0.15, 0.2) is 12.2 Å². The topological polar surface area (TPSA) is 38.8 Å². The molecule has 0 amide bonds. The van der Waals surface area contributed by atoms with Gasteiger partial charge in [0, 0.05) is 12.1 Å². The van der Waals surface area contributed by atoms with Gasteiger partial charge in [-0.25, -0.2) is 4.79 Å². The summed E-state index contributed by atoms with van der Waals surface area (Å²) in [4.78, 5) is 14.1. The molecule has 9 atom stereocenters. The first-order valence-corrected chi connectivity index (χ1v) is 16.6. The third-order valence-corrected chi connectivity index (χ3v) is 12.3. The van der Waals surface area contributed by atoms with Gasteiger partial charge in [0.1, 0.15) is 6.61 Å². The summed E-state index contributed by atoms with van der Waals surface area (Å²) in [6.45, 7) is 17.9. The summed E-state index contributed by atoms with van der Waals surface area (Å²) in [5.41, 5.74) is 1.57. The molecule has 0 aromatic carbocycles. The van der Waals surface area contributed by atoms with Gasteiger partial charge in [-0.3, -0.25) is 0 Å². The van der Waals surface area contributed by atoms with Crippen LogP contribution in [0.1, 0.15) is 112 Å². The molecule has 4 fully saturated rings. The Balaban J connectivity index is 1.27. The Bertz CT molecular complexity index is 838. The lowest BCUT2D eigenvalue weighted by atomic mass is 9.44. The van der Waals surface area contributed by atoms with E-state index in [1.54, 1.807) is 0 Å². The minimum Gasteiger partial charge on any atom is -0.460 e. The number of carbonyl (C=O) groups is 1. The number of likely N-dealkylation sites (N-methyl/N-ethyl adjacent to an activating group) is 1. The predicted octanol–water partition coefficient (Wildman–Crippen LogP) is 8.15. The fourth-order valence-electron chi connectivity index (χ4n) is 10.3. The van der Waals surface area contributed by atoms with E-state index in [4.69, 9.17) is 9.47 Å². The highest BCUT2D eigenvalue weighted by Gasteiger charge is 2.60. The predicted molar refractivity (Wildman–Crippen MR) is 161 cm³/mol. The van der Waals surface area contributed by atoms with Crippen LogP contribution in [-0.4, -0.2) is 50.8 Å². The standard InChI is InChI=1S/C35H61NO3/c1-24(2)10-9-11-25(3)30-14-15-31-29-13-12-27-22-28(38-20-21-39-33(37)26(4)23-36(7)8)16-18-34(27,5)32(29)17-19-35(30,31)6/h24-25,27-32H,4,9-23H2,1-3,5-8H3/t25-,27?,28+,29?,30-,31?,32?,34+,35-/m1/s1. The number of carbonyl (C=O) groups excluding carboxylic acids is 1. The Morgan fingerprint density at radius 3 is 2.36 bits per heavy atom. The normalized spacial score (nSPS) is 38.7. The molecule has 0 N–H and O–H groups in total. The highest BCUT2D eigenvalue weighted by atomic mass is 16.6. The first kappa shape index (κ1) is 31.1. The van der Waals surface area contributed by atoms with Crippen LogP contribution in [0.5, 0.6) is 0 Å². The van der Waals surface area contributed by atoms with E-state index in [2.05, 4.69) is 41.2 Å². The average Bonchev–Trinajstić information content (AvgIpc) is 3.23. The van der Waals surface area contributed by atoms with Gasteiger partial charge in [0.05, 0.1) is 12.7 Å². The van der Waals surface area contributed by atoms with Crippen molar-refractivity contribution in [1.29, 1.82) is 0 Å². The van der Waals surface area contributed by atoms with Gasteiger partial charge in [-0.15, -0.1) is 0 Å². The van der Waals surface area contributed by atoms with Gasteiger partial charge in [-0.1, -0.05) is 60.5 Å². The molecule has 224 valence electrons. The highest BCUT2D eigenvalue weighted by molar-refractivity contribution is 5.88. The number of hydrogen-bond acceptors (Lipinski definition) is 4. The molecule has 0 aliphatic heterocycles. The van der Waals surface area contributed by atoms with Crippen LogP contribution >= 0.6 is 0 Å². The average molecular weight is 544 g/mol. The van der Waals surface area contributed by atoms with Crippen molar-refractivity contribution in [3.8, 4) is 0 Å². The highest BCUT2D eigenvalue weighted by Crippen LogP contribution is 2.68. The number of fused-ring (bicyclic) bond motifs is 5. The van der Waals surface area contributed by atoms with Crippen molar-refractivity contribution in [3.63, 3.8) is 0 Å². The van der Waals surface area contributed by atoms with Gasteiger partial charge in [0.15, 0.2) is 0 Å².